The number of para-hydroxylation sites is 3. The molecule has 1 heterocycles. The van der Waals surface area contributed by atoms with Gasteiger partial charge in [-0.3, -0.25) is 9.78 Å². The molecule has 0 radical (unpaired) electrons. The van der Waals surface area contributed by atoms with E-state index < -0.39 is 0 Å². The molecule has 3 rings (SSSR count). The van der Waals surface area contributed by atoms with Crippen LogP contribution in [0.4, 0.5) is 5.69 Å². The van der Waals surface area contributed by atoms with Gasteiger partial charge in [0.15, 0.2) is 0 Å². The SMILES string of the molecule is CC(C)c1ccccc1NC(=O)c1cnc2ccccc2n1. The van der Waals surface area contributed by atoms with Crippen LogP contribution in [0.1, 0.15) is 35.8 Å². The number of hydrogen-bond acceptors (Lipinski definition) is 3. The number of nitrogens with zero attached hydrogens (tertiary/aromatic N) is 2. The highest BCUT2D eigenvalue weighted by Crippen LogP contribution is 2.24. The molecule has 0 aliphatic rings. The minimum absolute atomic E-state index is 0.244. The number of anilines is 1. The third-order valence-electron chi connectivity index (χ3n) is 3.51. The van der Waals surface area contributed by atoms with Gasteiger partial charge in [-0.1, -0.05) is 44.2 Å². The monoisotopic (exact) mass is 291 g/mol. The Kier molecular flexibility index (Phi) is 3.83. The molecule has 4 nitrogen and oxygen atoms in total. The summed E-state index contributed by atoms with van der Waals surface area (Å²) in [6.45, 7) is 4.20. The number of carbonyl (C=O) groups is 1. The van der Waals surface area contributed by atoms with Crippen molar-refractivity contribution in [2.24, 2.45) is 0 Å². The van der Waals surface area contributed by atoms with Crippen LogP contribution in [-0.4, -0.2) is 15.9 Å². The number of carbonyl (C=O) groups excluding carboxylic acids is 1. The van der Waals surface area contributed by atoms with E-state index in [1.165, 1.54) is 6.20 Å². The summed E-state index contributed by atoms with van der Waals surface area (Å²) < 4.78 is 0. The molecule has 0 aliphatic carbocycles. The van der Waals surface area contributed by atoms with Crippen LogP contribution in [0.2, 0.25) is 0 Å². The number of rotatable bonds is 3. The normalized spacial score (nSPS) is 10.9. The standard InChI is InChI=1S/C18H17N3O/c1-12(2)13-7-3-4-8-14(13)21-18(22)17-11-19-15-9-5-6-10-16(15)20-17/h3-12H,1-2H3,(H,21,22). The van der Waals surface area contributed by atoms with Gasteiger partial charge in [0.25, 0.3) is 5.91 Å². The highest BCUT2D eigenvalue weighted by atomic mass is 16.1. The van der Waals surface area contributed by atoms with Crippen LogP contribution in [-0.2, 0) is 0 Å². The third-order valence-corrected chi connectivity index (χ3v) is 3.51. The molecule has 1 amide bonds. The Labute approximate surface area is 129 Å². The number of nitrogens with one attached hydrogen (secondary N) is 1. The van der Waals surface area contributed by atoms with Crippen molar-refractivity contribution in [3.63, 3.8) is 0 Å². The fourth-order valence-electron chi connectivity index (χ4n) is 2.37. The Morgan fingerprint density at radius 3 is 2.45 bits per heavy atom. The van der Waals surface area contributed by atoms with Gasteiger partial charge in [0.2, 0.25) is 0 Å². The molecule has 0 bridgehead atoms. The van der Waals surface area contributed by atoms with E-state index >= 15 is 0 Å². The molecule has 4 heteroatoms. The molecule has 0 saturated heterocycles. The second kappa shape index (κ2) is 5.93. The van der Waals surface area contributed by atoms with Crippen molar-refractivity contribution in [2.75, 3.05) is 5.32 Å². The van der Waals surface area contributed by atoms with E-state index in [-0.39, 0.29) is 5.91 Å². The summed E-state index contributed by atoms with van der Waals surface area (Å²) in [5.74, 6) is 0.0885. The van der Waals surface area contributed by atoms with Gasteiger partial charge in [0, 0.05) is 5.69 Å². The maximum atomic E-state index is 12.4. The predicted octanol–water partition coefficient (Wildman–Crippen LogP) is 4.01. The summed E-state index contributed by atoms with van der Waals surface area (Å²) in [6.07, 6.45) is 1.51. The number of amides is 1. The Balaban J connectivity index is 1.90. The molecule has 0 atom stereocenters. The van der Waals surface area contributed by atoms with Crippen molar-refractivity contribution < 1.29 is 4.79 Å². The zero-order valence-electron chi connectivity index (χ0n) is 12.6. The van der Waals surface area contributed by atoms with E-state index in [2.05, 4.69) is 29.1 Å². The van der Waals surface area contributed by atoms with Crippen LogP contribution in [0, 0.1) is 0 Å². The Morgan fingerprint density at radius 2 is 1.68 bits per heavy atom. The Morgan fingerprint density at radius 1 is 1.00 bits per heavy atom. The first kappa shape index (κ1) is 14.2. The lowest BCUT2D eigenvalue weighted by molar-refractivity contribution is 0.102. The van der Waals surface area contributed by atoms with Crippen LogP contribution < -0.4 is 5.32 Å². The van der Waals surface area contributed by atoms with Crippen LogP contribution in [0.3, 0.4) is 0 Å². The maximum absolute atomic E-state index is 12.4. The first-order valence-electron chi connectivity index (χ1n) is 7.27. The molecule has 1 N–H and O–H groups in total. The molecule has 110 valence electrons. The lowest BCUT2D eigenvalue weighted by atomic mass is 10.0. The van der Waals surface area contributed by atoms with Crippen molar-refractivity contribution in [3.05, 3.63) is 66.0 Å². The quantitative estimate of drug-likeness (QED) is 0.793. The summed E-state index contributed by atoms with van der Waals surface area (Å²) in [5.41, 5.74) is 3.73. The van der Waals surface area contributed by atoms with Crippen molar-refractivity contribution in [2.45, 2.75) is 19.8 Å². The second-order valence-corrected chi connectivity index (χ2v) is 5.44. The Bertz CT molecular complexity index is 827. The van der Waals surface area contributed by atoms with E-state index in [1.807, 2.05) is 48.5 Å². The zero-order chi connectivity index (χ0) is 15.5. The van der Waals surface area contributed by atoms with Gasteiger partial charge in [0.1, 0.15) is 5.69 Å². The largest absolute Gasteiger partial charge is 0.320 e. The van der Waals surface area contributed by atoms with Crippen LogP contribution in [0.5, 0.6) is 0 Å². The number of fused-ring (bicyclic) bond motifs is 1. The zero-order valence-corrected chi connectivity index (χ0v) is 12.6. The van der Waals surface area contributed by atoms with E-state index in [1.54, 1.807) is 0 Å². The fraction of sp³-hybridized carbons (Fsp3) is 0.167. The van der Waals surface area contributed by atoms with E-state index in [0.29, 0.717) is 17.1 Å². The van der Waals surface area contributed by atoms with Crippen molar-refractivity contribution in [1.29, 1.82) is 0 Å². The molecule has 0 aliphatic heterocycles. The maximum Gasteiger partial charge on any atom is 0.275 e. The van der Waals surface area contributed by atoms with Crippen LogP contribution in [0.25, 0.3) is 11.0 Å². The second-order valence-electron chi connectivity index (χ2n) is 5.44. The van der Waals surface area contributed by atoms with Gasteiger partial charge < -0.3 is 5.32 Å². The van der Waals surface area contributed by atoms with E-state index in [4.69, 9.17) is 0 Å². The number of benzene rings is 2. The minimum Gasteiger partial charge on any atom is -0.320 e. The Hall–Kier alpha value is -2.75. The van der Waals surface area contributed by atoms with Gasteiger partial charge >= 0.3 is 0 Å². The number of aromatic nitrogens is 2. The highest BCUT2D eigenvalue weighted by molar-refractivity contribution is 6.04. The topological polar surface area (TPSA) is 54.9 Å². The first-order valence-corrected chi connectivity index (χ1v) is 7.27. The number of hydrogen-bond donors (Lipinski definition) is 1. The summed E-state index contributed by atoms with van der Waals surface area (Å²) >= 11 is 0. The summed E-state index contributed by atoms with van der Waals surface area (Å²) in [5, 5.41) is 2.93. The summed E-state index contributed by atoms with van der Waals surface area (Å²) in [6, 6.07) is 15.3. The minimum atomic E-state index is -0.244. The molecule has 22 heavy (non-hydrogen) atoms. The predicted molar refractivity (Wildman–Crippen MR) is 88.0 cm³/mol. The van der Waals surface area contributed by atoms with E-state index in [9.17, 15) is 4.79 Å². The van der Waals surface area contributed by atoms with Crippen LogP contribution >= 0.6 is 0 Å². The molecule has 3 aromatic rings. The summed E-state index contributed by atoms with van der Waals surface area (Å²) in [7, 11) is 0. The fourth-order valence-corrected chi connectivity index (χ4v) is 2.37. The molecule has 0 fully saturated rings. The molecular formula is C18H17N3O. The lowest BCUT2D eigenvalue weighted by Gasteiger charge is -2.13. The first-order chi connectivity index (χ1) is 10.6. The molecule has 0 saturated carbocycles. The van der Waals surface area contributed by atoms with Gasteiger partial charge in [0.05, 0.1) is 17.2 Å². The smallest absolute Gasteiger partial charge is 0.275 e. The van der Waals surface area contributed by atoms with Gasteiger partial charge in [-0.05, 0) is 29.7 Å². The highest BCUT2D eigenvalue weighted by Gasteiger charge is 2.12. The molecule has 2 aromatic carbocycles. The van der Waals surface area contributed by atoms with Gasteiger partial charge in [-0.15, -0.1) is 0 Å². The molecular weight excluding hydrogens is 274 g/mol. The van der Waals surface area contributed by atoms with Crippen molar-refractivity contribution in [1.82, 2.24) is 9.97 Å². The summed E-state index contributed by atoms with van der Waals surface area (Å²) in [4.78, 5) is 21.1. The third kappa shape index (κ3) is 2.81. The van der Waals surface area contributed by atoms with Crippen molar-refractivity contribution >= 4 is 22.6 Å². The van der Waals surface area contributed by atoms with Crippen LogP contribution in [0.15, 0.2) is 54.7 Å². The van der Waals surface area contributed by atoms with Crippen molar-refractivity contribution in [3.8, 4) is 0 Å². The molecule has 0 unspecified atom stereocenters. The average molecular weight is 291 g/mol. The van der Waals surface area contributed by atoms with Gasteiger partial charge in [-0.25, -0.2) is 4.98 Å². The molecule has 1 aromatic heterocycles. The van der Waals surface area contributed by atoms with Gasteiger partial charge in [-0.2, -0.15) is 0 Å². The lowest BCUT2D eigenvalue weighted by Crippen LogP contribution is -2.15. The van der Waals surface area contributed by atoms with E-state index in [0.717, 1.165) is 16.8 Å². The average Bonchev–Trinajstić information content (AvgIpc) is 2.54. The molecule has 0 spiro atoms.